The molecule has 2 unspecified atom stereocenters. The van der Waals surface area contributed by atoms with E-state index in [1.54, 1.807) is 6.26 Å². The highest BCUT2D eigenvalue weighted by atomic mass is 16.5. The average Bonchev–Trinajstić information content (AvgIpc) is 2.83. The summed E-state index contributed by atoms with van der Waals surface area (Å²) in [6, 6.07) is 3.84. The van der Waals surface area contributed by atoms with Crippen molar-refractivity contribution in [3.63, 3.8) is 0 Å². The summed E-state index contributed by atoms with van der Waals surface area (Å²) in [7, 11) is 0. The van der Waals surface area contributed by atoms with Crippen LogP contribution in [0, 0.1) is 11.8 Å². The maximum Gasteiger partial charge on any atom is 0.129 e. The molecule has 0 saturated heterocycles. The Morgan fingerprint density at radius 1 is 1.31 bits per heavy atom. The lowest BCUT2D eigenvalue weighted by molar-refractivity contribution is 0.0431. The van der Waals surface area contributed by atoms with Crippen molar-refractivity contribution in [1.82, 2.24) is 0 Å². The summed E-state index contributed by atoms with van der Waals surface area (Å²) >= 11 is 0. The highest BCUT2D eigenvalue weighted by Gasteiger charge is 2.23. The summed E-state index contributed by atoms with van der Waals surface area (Å²) in [6.07, 6.45) is 6.87. The molecule has 1 fully saturated rings. The molecule has 0 aliphatic heterocycles. The van der Waals surface area contributed by atoms with Gasteiger partial charge in [0.25, 0.3) is 0 Å². The molecule has 1 saturated carbocycles. The van der Waals surface area contributed by atoms with Crippen LogP contribution in [0.1, 0.15) is 31.4 Å². The van der Waals surface area contributed by atoms with Crippen molar-refractivity contribution in [3.05, 3.63) is 24.2 Å². The topological polar surface area (TPSA) is 48.4 Å². The van der Waals surface area contributed by atoms with Crippen LogP contribution in [-0.4, -0.2) is 13.2 Å². The van der Waals surface area contributed by atoms with E-state index in [2.05, 4.69) is 0 Å². The predicted molar refractivity (Wildman–Crippen MR) is 62.9 cm³/mol. The van der Waals surface area contributed by atoms with Gasteiger partial charge in [-0.1, -0.05) is 12.8 Å². The molecule has 1 heterocycles. The Balaban J connectivity index is 1.71. The molecule has 1 aliphatic rings. The van der Waals surface area contributed by atoms with Gasteiger partial charge in [-0.05, 0) is 43.4 Å². The van der Waals surface area contributed by atoms with E-state index in [1.165, 1.54) is 25.7 Å². The molecule has 0 spiro atoms. The summed E-state index contributed by atoms with van der Waals surface area (Å²) in [4.78, 5) is 0. The third-order valence-corrected chi connectivity index (χ3v) is 3.53. The van der Waals surface area contributed by atoms with Crippen LogP contribution in [0.2, 0.25) is 0 Å². The Bertz CT molecular complexity index is 284. The lowest BCUT2D eigenvalue weighted by Crippen LogP contribution is -2.29. The van der Waals surface area contributed by atoms with Crippen LogP contribution in [-0.2, 0) is 11.3 Å². The quantitative estimate of drug-likeness (QED) is 0.834. The molecule has 3 heteroatoms. The largest absolute Gasteiger partial charge is 0.467 e. The van der Waals surface area contributed by atoms with E-state index < -0.39 is 0 Å². The smallest absolute Gasteiger partial charge is 0.129 e. The number of nitrogens with two attached hydrogens (primary N) is 1. The van der Waals surface area contributed by atoms with Gasteiger partial charge < -0.3 is 14.9 Å². The van der Waals surface area contributed by atoms with Crippen LogP contribution in [0.25, 0.3) is 0 Å². The summed E-state index contributed by atoms with van der Waals surface area (Å²) in [5, 5.41) is 0. The average molecular weight is 223 g/mol. The number of ether oxygens (including phenoxy) is 1. The highest BCUT2D eigenvalue weighted by Crippen LogP contribution is 2.29. The lowest BCUT2D eigenvalue weighted by atomic mass is 9.80. The first kappa shape index (κ1) is 11.7. The van der Waals surface area contributed by atoms with E-state index in [0.29, 0.717) is 18.4 Å². The van der Waals surface area contributed by atoms with Gasteiger partial charge in [0, 0.05) is 0 Å². The molecule has 0 amide bonds. The number of hydrogen-bond donors (Lipinski definition) is 1. The molecule has 0 aromatic carbocycles. The monoisotopic (exact) mass is 223 g/mol. The van der Waals surface area contributed by atoms with Crippen LogP contribution in [0.5, 0.6) is 0 Å². The standard InChI is InChI=1S/C13H21NO2/c14-8-11-4-1-2-5-12(11)9-15-10-13-6-3-7-16-13/h3,6-7,11-12H,1-2,4-5,8-10,14H2. The van der Waals surface area contributed by atoms with Crippen LogP contribution in [0.4, 0.5) is 0 Å². The lowest BCUT2D eigenvalue weighted by Gasteiger charge is -2.30. The van der Waals surface area contributed by atoms with Gasteiger partial charge in [0.15, 0.2) is 0 Å². The van der Waals surface area contributed by atoms with Gasteiger partial charge in [-0.25, -0.2) is 0 Å². The van der Waals surface area contributed by atoms with E-state index in [0.717, 1.165) is 18.9 Å². The molecule has 0 bridgehead atoms. The van der Waals surface area contributed by atoms with E-state index >= 15 is 0 Å². The van der Waals surface area contributed by atoms with Crippen LogP contribution < -0.4 is 5.73 Å². The maximum atomic E-state index is 5.79. The normalized spacial score (nSPS) is 25.8. The fraction of sp³-hybridized carbons (Fsp3) is 0.692. The number of hydrogen-bond acceptors (Lipinski definition) is 3. The predicted octanol–water partition coefficient (Wildman–Crippen LogP) is 2.56. The van der Waals surface area contributed by atoms with Gasteiger partial charge in [0.1, 0.15) is 12.4 Å². The second-order valence-electron chi connectivity index (χ2n) is 4.63. The van der Waals surface area contributed by atoms with Crippen molar-refractivity contribution >= 4 is 0 Å². The van der Waals surface area contributed by atoms with Crippen LogP contribution >= 0.6 is 0 Å². The molecule has 16 heavy (non-hydrogen) atoms. The Labute approximate surface area is 97.0 Å². The number of furan rings is 1. The molecule has 1 aromatic rings. The molecular weight excluding hydrogens is 202 g/mol. The zero-order valence-corrected chi connectivity index (χ0v) is 9.73. The first-order valence-corrected chi connectivity index (χ1v) is 6.20. The van der Waals surface area contributed by atoms with Crippen molar-refractivity contribution in [2.45, 2.75) is 32.3 Å². The molecule has 0 radical (unpaired) electrons. The van der Waals surface area contributed by atoms with Gasteiger partial charge in [-0.15, -0.1) is 0 Å². The maximum absolute atomic E-state index is 5.79. The molecule has 2 atom stereocenters. The minimum absolute atomic E-state index is 0.584. The summed E-state index contributed by atoms with van der Waals surface area (Å²) in [6.45, 7) is 2.21. The first-order valence-electron chi connectivity index (χ1n) is 6.20. The second kappa shape index (κ2) is 6.06. The molecule has 1 aromatic heterocycles. The Hall–Kier alpha value is -0.800. The molecule has 2 N–H and O–H groups in total. The van der Waals surface area contributed by atoms with Crippen molar-refractivity contribution < 1.29 is 9.15 Å². The van der Waals surface area contributed by atoms with Gasteiger partial charge in [0.05, 0.1) is 12.9 Å². The highest BCUT2D eigenvalue weighted by molar-refractivity contribution is 4.96. The SMILES string of the molecule is NCC1CCCCC1COCc1ccco1. The van der Waals surface area contributed by atoms with Gasteiger partial charge in [-0.3, -0.25) is 0 Å². The molecular formula is C13H21NO2. The van der Waals surface area contributed by atoms with Gasteiger partial charge in [-0.2, -0.15) is 0 Å². The van der Waals surface area contributed by atoms with Gasteiger partial charge >= 0.3 is 0 Å². The van der Waals surface area contributed by atoms with Gasteiger partial charge in [0.2, 0.25) is 0 Å². The summed E-state index contributed by atoms with van der Waals surface area (Å²) in [5.41, 5.74) is 5.79. The fourth-order valence-electron chi connectivity index (χ4n) is 2.52. The minimum atomic E-state index is 0.584. The van der Waals surface area contributed by atoms with E-state index in [1.807, 2.05) is 12.1 Å². The molecule has 1 aliphatic carbocycles. The Kier molecular flexibility index (Phi) is 4.43. The molecule has 2 rings (SSSR count). The molecule has 3 nitrogen and oxygen atoms in total. The van der Waals surface area contributed by atoms with E-state index in [9.17, 15) is 0 Å². The third-order valence-electron chi connectivity index (χ3n) is 3.53. The number of rotatable bonds is 5. The van der Waals surface area contributed by atoms with Crippen molar-refractivity contribution in [3.8, 4) is 0 Å². The van der Waals surface area contributed by atoms with E-state index in [-0.39, 0.29) is 0 Å². The zero-order chi connectivity index (χ0) is 11.2. The fourth-order valence-corrected chi connectivity index (χ4v) is 2.52. The first-order chi connectivity index (χ1) is 7.90. The van der Waals surface area contributed by atoms with E-state index in [4.69, 9.17) is 14.9 Å². The minimum Gasteiger partial charge on any atom is -0.467 e. The summed E-state index contributed by atoms with van der Waals surface area (Å²) < 4.78 is 10.9. The zero-order valence-electron chi connectivity index (χ0n) is 9.73. The Morgan fingerprint density at radius 3 is 2.81 bits per heavy atom. The molecule has 90 valence electrons. The Morgan fingerprint density at radius 2 is 2.12 bits per heavy atom. The van der Waals surface area contributed by atoms with Crippen LogP contribution in [0.15, 0.2) is 22.8 Å². The van der Waals surface area contributed by atoms with Crippen molar-refractivity contribution in [2.24, 2.45) is 17.6 Å². The second-order valence-corrected chi connectivity index (χ2v) is 4.63. The summed E-state index contributed by atoms with van der Waals surface area (Å²) in [5.74, 6) is 2.21. The van der Waals surface area contributed by atoms with Crippen LogP contribution in [0.3, 0.4) is 0 Å². The van der Waals surface area contributed by atoms with Crippen molar-refractivity contribution in [1.29, 1.82) is 0 Å². The van der Waals surface area contributed by atoms with Crippen molar-refractivity contribution in [2.75, 3.05) is 13.2 Å². The third kappa shape index (κ3) is 3.09.